The van der Waals surface area contributed by atoms with E-state index in [0.717, 1.165) is 34.7 Å². The third-order valence-corrected chi connectivity index (χ3v) is 6.50. The second-order valence-electron chi connectivity index (χ2n) is 8.34. The number of unbranched alkanes of at least 4 members (excludes halogenated alkanes) is 3. The molecule has 3 rings (SSSR count). The van der Waals surface area contributed by atoms with E-state index in [-0.39, 0.29) is 12.0 Å². The lowest BCUT2D eigenvalue weighted by Crippen LogP contribution is -2.41. The number of carbonyl (C=O) groups excluding carboxylic acids is 2. The summed E-state index contributed by atoms with van der Waals surface area (Å²) in [5.74, 6) is 0.203. The van der Waals surface area contributed by atoms with Gasteiger partial charge in [0.15, 0.2) is 0 Å². The highest BCUT2D eigenvalue weighted by atomic mass is 32.2. The van der Waals surface area contributed by atoms with E-state index in [9.17, 15) is 9.59 Å². The number of anilines is 1. The molecule has 6 heteroatoms. The fourth-order valence-electron chi connectivity index (χ4n) is 3.65. The van der Waals surface area contributed by atoms with E-state index in [1.165, 1.54) is 25.3 Å². The van der Waals surface area contributed by atoms with E-state index in [1.807, 2.05) is 59.5 Å². The lowest BCUT2D eigenvalue weighted by Gasteiger charge is -2.24. The van der Waals surface area contributed by atoms with Gasteiger partial charge in [-0.15, -0.1) is 0 Å². The minimum Gasteiger partial charge on any atom is -0.427 e. The summed E-state index contributed by atoms with van der Waals surface area (Å²) in [6.45, 7) is 4.87. The molecule has 0 radical (unpaired) electrons. The Morgan fingerprint density at radius 1 is 0.857 bits per heavy atom. The van der Waals surface area contributed by atoms with Gasteiger partial charge in [0, 0.05) is 35.5 Å². The summed E-state index contributed by atoms with van der Waals surface area (Å²) < 4.78 is 5.09. The zero-order valence-electron chi connectivity index (χ0n) is 20.5. The zero-order valence-corrected chi connectivity index (χ0v) is 21.4. The summed E-state index contributed by atoms with van der Waals surface area (Å²) in [5, 5.41) is 3.10. The van der Waals surface area contributed by atoms with Crippen LogP contribution in [0.15, 0.2) is 88.7 Å². The van der Waals surface area contributed by atoms with Crippen molar-refractivity contribution in [2.75, 3.05) is 18.0 Å². The van der Waals surface area contributed by atoms with E-state index < -0.39 is 0 Å². The molecule has 0 saturated heterocycles. The minimum atomic E-state index is -0.331. The van der Waals surface area contributed by atoms with E-state index in [4.69, 9.17) is 4.74 Å². The van der Waals surface area contributed by atoms with Crippen LogP contribution in [0.1, 0.15) is 45.1 Å². The van der Waals surface area contributed by atoms with Gasteiger partial charge in [-0.05, 0) is 66.9 Å². The first-order valence-electron chi connectivity index (χ1n) is 12.2. The van der Waals surface area contributed by atoms with Gasteiger partial charge in [-0.1, -0.05) is 68.3 Å². The van der Waals surface area contributed by atoms with Crippen LogP contribution in [-0.4, -0.2) is 25.1 Å². The molecule has 2 amide bonds. The maximum absolute atomic E-state index is 13.1. The third-order valence-electron chi connectivity index (χ3n) is 5.49. The van der Waals surface area contributed by atoms with Crippen molar-refractivity contribution in [3.63, 3.8) is 0 Å². The van der Waals surface area contributed by atoms with E-state index in [2.05, 4.69) is 24.4 Å². The summed E-state index contributed by atoms with van der Waals surface area (Å²) in [6.07, 6.45) is 5.29. The number of rotatable bonds is 12. The first-order valence-corrected chi connectivity index (χ1v) is 13.0. The Kier molecular flexibility index (Phi) is 10.7. The maximum Gasteiger partial charge on any atom is 0.321 e. The van der Waals surface area contributed by atoms with Gasteiger partial charge in [-0.3, -0.25) is 9.69 Å². The van der Waals surface area contributed by atoms with Crippen LogP contribution in [0.5, 0.6) is 5.75 Å². The third kappa shape index (κ3) is 9.13. The summed E-state index contributed by atoms with van der Waals surface area (Å²) in [5.41, 5.74) is 2.08. The molecule has 0 saturated carbocycles. The molecule has 1 N–H and O–H groups in total. The number of esters is 1. The molecule has 0 unspecified atom stereocenters. The zero-order chi connectivity index (χ0) is 24.9. The van der Waals surface area contributed by atoms with Crippen LogP contribution < -0.4 is 15.0 Å². The van der Waals surface area contributed by atoms with Gasteiger partial charge in [-0.2, -0.15) is 0 Å². The molecule has 0 fully saturated rings. The van der Waals surface area contributed by atoms with Crippen LogP contribution in [0, 0.1) is 0 Å². The molecule has 0 spiro atoms. The predicted molar refractivity (Wildman–Crippen MR) is 143 cm³/mol. The lowest BCUT2D eigenvalue weighted by molar-refractivity contribution is -0.131. The molecular formula is C29H34N2O3S. The van der Waals surface area contributed by atoms with E-state index >= 15 is 0 Å². The Morgan fingerprint density at radius 2 is 1.51 bits per heavy atom. The second-order valence-corrected chi connectivity index (χ2v) is 9.49. The van der Waals surface area contributed by atoms with Crippen molar-refractivity contribution in [1.82, 2.24) is 5.32 Å². The molecule has 0 aromatic heterocycles. The van der Waals surface area contributed by atoms with Gasteiger partial charge in [0.1, 0.15) is 5.75 Å². The maximum atomic E-state index is 13.1. The Morgan fingerprint density at radius 3 is 2.14 bits per heavy atom. The van der Waals surface area contributed by atoms with Crippen molar-refractivity contribution in [3.8, 4) is 5.75 Å². The van der Waals surface area contributed by atoms with Crippen LogP contribution in [0.4, 0.5) is 10.5 Å². The molecule has 0 bridgehead atoms. The van der Waals surface area contributed by atoms with Crippen molar-refractivity contribution in [2.24, 2.45) is 0 Å². The average Bonchev–Trinajstić information content (AvgIpc) is 2.86. The molecule has 0 atom stereocenters. The quantitative estimate of drug-likeness (QED) is 0.167. The first kappa shape index (κ1) is 26.4. The Hall–Kier alpha value is -3.25. The van der Waals surface area contributed by atoms with Crippen LogP contribution >= 0.6 is 11.8 Å². The van der Waals surface area contributed by atoms with E-state index in [1.54, 1.807) is 23.9 Å². The molecule has 3 aromatic carbocycles. The topological polar surface area (TPSA) is 58.6 Å². The summed E-state index contributed by atoms with van der Waals surface area (Å²) in [6, 6.07) is 25.7. The van der Waals surface area contributed by atoms with Gasteiger partial charge >= 0.3 is 12.0 Å². The summed E-state index contributed by atoms with van der Waals surface area (Å²) >= 11 is 1.62. The number of nitrogens with one attached hydrogen (secondary N) is 1. The van der Waals surface area contributed by atoms with Gasteiger partial charge in [0.05, 0.1) is 0 Å². The predicted octanol–water partition coefficient (Wildman–Crippen LogP) is 7.10. The fourth-order valence-corrected chi connectivity index (χ4v) is 4.46. The van der Waals surface area contributed by atoms with Gasteiger partial charge in [-0.25, -0.2) is 4.79 Å². The monoisotopic (exact) mass is 490 g/mol. The van der Waals surface area contributed by atoms with Crippen LogP contribution in [-0.2, 0) is 11.2 Å². The first-order chi connectivity index (χ1) is 17.0. The number of carbonyl (C=O) groups is 2. The van der Waals surface area contributed by atoms with E-state index in [0.29, 0.717) is 18.8 Å². The molecule has 3 aromatic rings. The molecule has 184 valence electrons. The Labute approximate surface area is 212 Å². The highest BCUT2D eigenvalue weighted by molar-refractivity contribution is 7.99. The number of benzene rings is 3. The highest BCUT2D eigenvalue weighted by Gasteiger charge is 2.15. The van der Waals surface area contributed by atoms with Crippen molar-refractivity contribution >= 4 is 29.4 Å². The molecule has 0 aliphatic rings. The molecule has 0 heterocycles. The Bertz CT molecular complexity index is 1050. The molecule has 0 aliphatic heterocycles. The molecule has 5 nitrogen and oxygen atoms in total. The standard InChI is InChI=1S/C29H34N2O3S/c1-3-4-5-9-21-30-29(33)31(22-20-24-10-7-6-8-11-24)25-12-16-27(17-13-25)35-28-18-14-26(15-19-28)34-23(2)32/h6-8,10-19H,3-5,9,20-22H2,1-2H3,(H,30,33). The molecule has 35 heavy (non-hydrogen) atoms. The summed E-state index contributed by atoms with van der Waals surface area (Å²) in [7, 11) is 0. The molecule has 0 aliphatic carbocycles. The van der Waals surface area contributed by atoms with Crippen LogP contribution in [0.25, 0.3) is 0 Å². The summed E-state index contributed by atoms with van der Waals surface area (Å²) in [4.78, 5) is 28.1. The number of hydrogen-bond acceptors (Lipinski definition) is 4. The van der Waals surface area contributed by atoms with Gasteiger partial charge < -0.3 is 10.1 Å². The number of hydrogen-bond donors (Lipinski definition) is 1. The van der Waals surface area contributed by atoms with Gasteiger partial charge in [0.25, 0.3) is 0 Å². The van der Waals surface area contributed by atoms with Crippen molar-refractivity contribution in [3.05, 3.63) is 84.4 Å². The number of urea groups is 1. The number of amides is 2. The van der Waals surface area contributed by atoms with Gasteiger partial charge in [0.2, 0.25) is 0 Å². The van der Waals surface area contributed by atoms with Crippen molar-refractivity contribution < 1.29 is 14.3 Å². The Balaban J connectivity index is 1.65. The second kappa shape index (κ2) is 14.2. The lowest BCUT2D eigenvalue weighted by atomic mass is 10.1. The fraction of sp³-hybridized carbons (Fsp3) is 0.310. The normalized spacial score (nSPS) is 10.6. The van der Waals surface area contributed by atoms with Crippen molar-refractivity contribution in [1.29, 1.82) is 0 Å². The highest BCUT2D eigenvalue weighted by Crippen LogP contribution is 2.30. The number of nitrogens with zero attached hydrogens (tertiary/aromatic N) is 1. The minimum absolute atomic E-state index is 0.0566. The van der Waals surface area contributed by atoms with Crippen LogP contribution in [0.2, 0.25) is 0 Å². The molecular weight excluding hydrogens is 456 g/mol. The van der Waals surface area contributed by atoms with Crippen LogP contribution in [0.3, 0.4) is 0 Å². The average molecular weight is 491 g/mol. The smallest absolute Gasteiger partial charge is 0.321 e. The van der Waals surface area contributed by atoms with Crippen molar-refractivity contribution in [2.45, 2.75) is 55.7 Å². The largest absolute Gasteiger partial charge is 0.427 e. The SMILES string of the molecule is CCCCCCNC(=O)N(CCc1ccccc1)c1ccc(Sc2ccc(OC(C)=O)cc2)cc1. The number of ether oxygens (including phenoxy) is 1.